The third kappa shape index (κ3) is 7.50. The Morgan fingerprint density at radius 2 is 1.60 bits per heavy atom. The zero-order chi connectivity index (χ0) is 21.4. The second-order valence-electron chi connectivity index (χ2n) is 7.20. The second-order valence-corrected chi connectivity index (χ2v) is 7.20. The molecule has 162 valence electrons. The number of carbonyl (C=O) groups excluding carboxylic acids is 3. The normalized spacial score (nSPS) is 11.2. The van der Waals surface area contributed by atoms with Crippen LogP contribution in [0.4, 0.5) is 11.4 Å². The molecule has 0 saturated carbocycles. The molecule has 0 aromatic heterocycles. The van der Waals surface area contributed by atoms with Crippen LogP contribution >= 0.6 is 12.4 Å². The van der Waals surface area contributed by atoms with Crippen LogP contribution in [0.2, 0.25) is 0 Å². The van der Waals surface area contributed by atoms with Gasteiger partial charge in [0.25, 0.3) is 0 Å². The molecule has 7 nitrogen and oxygen atoms in total. The van der Waals surface area contributed by atoms with E-state index in [0.717, 1.165) is 11.3 Å². The first-order chi connectivity index (χ1) is 13.8. The van der Waals surface area contributed by atoms with Crippen LogP contribution in [0.3, 0.4) is 0 Å². The maximum atomic E-state index is 12.4. The van der Waals surface area contributed by atoms with Crippen LogP contribution in [0.5, 0.6) is 0 Å². The van der Waals surface area contributed by atoms with Gasteiger partial charge in [-0.2, -0.15) is 0 Å². The van der Waals surface area contributed by atoms with Crippen molar-refractivity contribution in [3.8, 4) is 0 Å². The van der Waals surface area contributed by atoms with E-state index in [4.69, 9.17) is 5.73 Å². The number of nitrogens with zero attached hydrogens (tertiary/aromatic N) is 1. The fraction of sp³-hybridized carbons (Fsp3) is 0.318. The number of carbonyl (C=O) groups is 3. The molecule has 0 fully saturated rings. The molecule has 0 unspecified atom stereocenters. The number of likely N-dealkylation sites (N-methyl/N-ethyl adjacent to an activating group) is 1. The monoisotopic (exact) mass is 432 g/mol. The number of halogens is 1. The van der Waals surface area contributed by atoms with Crippen molar-refractivity contribution < 1.29 is 14.4 Å². The Bertz CT molecular complexity index is 841. The molecule has 0 aliphatic rings. The van der Waals surface area contributed by atoms with Crippen LogP contribution in [-0.4, -0.2) is 37.4 Å². The lowest BCUT2D eigenvalue weighted by Crippen LogP contribution is -2.46. The first-order valence-corrected chi connectivity index (χ1v) is 9.51. The maximum absolute atomic E-state index is 12.4. The van der Waals surface area contributed by atoms with Gasteiger partial charge in [0.15, 0.2) is 0 Å². The molecule has 3 amide bonds. The number of benzene rings is 2. The fourth-order valence-corrected chi connectivity index (χ4v) is 2.59. The smallest absolute Gasteiger partial charge is 0.243 e. The van der Waals surface area contributed by atoms with Gasteiger partial charge in [0.05, 0.1) is 19.0 Å². The van der Waals surface area contributed by atoms with Gasteiger partial charge >= 0.3 is 0 Å². The summed E-state index contributed by atoms with van der Waals surface area (Å²) >= 11 is 0. The van der Waals surface area contributed by atoms with Crippen LogP contribution in [-0.2, 0) is 20.8 Å². The number of hydrogen-bond acceptors (Lipinski definition) is 4. The minimum Gasteiger partial charge on any atom is -0.346 e. The zero-order valence-corrected chi connectivity index (χ0v) is 18.2. The van der Waals surface area contributed by atoms with Gasteiger partial charge in [-0.05, 0) is 35.7 Å². The van der Waals surface area contributed by atoms with Crippen molar-refractivity contribution in [2.24, 2.45) is 11.7 Å². The van der Waals surface area contributed by atoms with Gasteiger partial charge in [0, 0.05) is 18.4 Å². The van der Waals surface area contributed by atoms with Crippen LogP contribution in [0, 0.1) is 5.92 Å². The maximum Gasteiger partial charge on any atom is 0.243 e. The van der Waals surface area contributed by atoms with Crippen molar-refractivity contribution in [3.05, 3.63) is 60.2 Å². The van der Waals surface area contributed by atoms with Crippen molar-refractivity contribution in [3.63, 3.8) is 0 Å². The number of nitrogens with one attached hydrogen (secondary N) is 2. The Balaban J connectivity index is 0.00000450. The van der Waals surface area contributed by atoms with Gasteiger partial charge in [-0.3, -0.25) is 14.4 Å². The molecule has 0 aliphatic heterocycles. The summed E-state index contributed by atoms with van der Waals surface area (Å²) in [6.07, 6.45) is 0.253. The van der Waals surface area contributed by atoms with Crippen LogP contribution in [0.15, 0.2) is 54.6 Å². The summed E-state index contributed by atoms with van der Waals surface area (Å²) < 4.78 is 0. The summed E-state index contributed by atoms with van der Waals surface area (Å²) in [7, 11) is 1.74. The number of para-hydroxylation sites is 1. The van der Waals surface area contributed by atoms with Crippen LogP contribution in [0.25, 0.3) is 0 Å². The van der Waals surface area contributed by atoms with Crippen molar-refractivity contribution in [2.75, 3.05) is 23.8 Å². The molecule has 0 heterocycles. The fourth-order valence-electron chi connectivity index (χ4n) is 2.59. The summed E-state index contributed by atoms with van der Waals surface area (Å²) in [6, 6.07) is 15.8. The van der Waals surface area contributed by atoms with Crippen LogP contribution in [0.1, 0.15) is 19.4 Å². The number of anilines is 2. The van der Waals surface area contributed by atoms with E-state index in [9.17, 15) is 14.4 Å². The second kappa shape index (κ2) is 11.9. The lowest BCUT2D eigenvalue weighted by Gasteiger charge is -2.17. The summed E-state index contributed by atoms with van der Waals surface area (Å²) in [6.45, 7) is 3.53. The van der Waals surface area contributed by atoms with Crippen molar-refractivity contribution in [1.29, 1.82) is 0 Å². The molecule has 1 atom stereocenters. The van der Waals surface area contributed by atoms with E-state index in [1.165, 1.54) is 0 Å². The average Bonchev–Trinajstić information content (AvgIpc) is 2.72. The van der Waals surface area contributed by atoms with Gasteiger partial charge in [-0.15, -0.1) is 12.4 Å². The minimum absolute atomic E-state index is 0. The van der Waals surface area contributed by atoms with E-state index in [1.807, 2.05) is 44.2 Å². The summed E-state index contributed by atoms with van der Waals surface area (Å²) in [4.78, 5) is 37.8. The molecule has 0 saturated heterocycles. The van der Waals surface area contributed by atoms with Gasteiger partial charge < -0.3 is 21.3 Å². The lowest BCUT2D eigenvalue weighted by molar-refractivity contribution is -0.125. The van der Waals surface area contributed by atoms with E-state index >= 15 is 0 Å². The van der Waals surface area contributed by atoms with E-state index in [-0.39, 0.29) is 49.0 Å². The predicted molar refractivity (Wildman–Crippen MR) is 122 cm³/mol. The zero-order valence-electron chi connectivity index (χ0n) is 17.4. The van der Waals surface area contributed by atoms with Crippen molar-refractivity contribution >= 4 is 41.5 Å². The molecule has 8 heteroatoms. The topological polar surface area (TPSA) is 105 Å². The lowest BCUT2D eigenvalue weighted by atomic mass is 10.1. The summed E-state index contributed by atoms with van der Waals surface area (Å²) in [5, 5.41) is 5.23. The minimum atomic E-state index is -0.645. The highest BCUT2D eigenvalue weighted by Gasteiger charge is 2.17. The molecule has 2 rings (SSSR count). The van der Waals surface area contributed by atoms with E-state index < -0.39 is 6.04 Å². The van der Waals surface area contributed by atoms with Crippen molar-refractivity contribution in [2.45, 2.75) is 26.3 Å². The molecule has 0 aliphatic carbocycles. The Kier molecular flexibility index (Phi) is 10.0. The Morgan fingerprint density at radius 1 is 1.00 bits per heavy atom. The van der Waals surface area contributed by atoms with E-state index in [0.29, 0.717) is 5.69 Å². The Morgan fingerprint density at radius 3 is 2.17 bits per heavy atom. The third-order valence-electron chi connectivity index (χ3n) is 4.55. The molecule has 4 N–H and O–H groups in total. The summed E-state index contributed by atoms with van der Waals surface area (Å²) in [5.41, 5.74) is 8.00. The standard InChI is InChI=1S/C22H28N4O3.ClH/c1-15(2)21(23)22(29)24-14-19(27)25-17-11-9-16(10-12-17)13-20(28)26(3)18-7-5-4-6-8-18;/h4-12,15,21H,13-14,23H2,1-3H3,(H,24,29)(H,25,27);1H/t21-;/m0./s1. The van der Waals surface area contributed by atoms with Gasteiger partial charge in [-0.1, -0.05) is 44.2 Å². The van der Waals surface area contributed by atoms with Gasteiger partial charge in [-0.25, -0.2) is 0 Å². The Labute approximate surface area is 183 Å². The summed E-state index contributed by atoms with van der Waals surface area (Å²) in [5.74, 6) is -0.736. The molecule has 30 heavy (non-hydrogen) atoms. The predicted octanol–water partition coefficient (Wildman–Crippen LogP) is 2.35. The molecule has 2 aromatic carbocycles. The quantitative estimate of drug-likeness (QED) is 0.595. The van der Waals surface area contributed by atoms with E-state index in [2.05, 4.69) is 10.6 Å². The number of hydrogen-bond donors (Lipinski definition) is 3. The van der Waals surface area contributed by atoms with Gasteiger partial charge in [0.2, 0.25) is 17.7 Å². The largest absolute Gasteiger partial charge is 0.346 e. The Hall–Kier alpha value is -2.90. The number of nitrogens with two attached hydrogens (primary N) is 1. The number of amides is 3. The van der Waals surface area contributed by atoms with Crippen molar-refractivity contribution in [1.82, 2.24) is 5.32 Å². The highest BCUT2D eigenvalue weighted by Crippen LogP contribution is 2.15. The molecule has 2 aromatic rings. The highest BCUT2D eigenvalue weighted by molar-refractivity contribution is 5.96. The van der Waals surface area contributed by atoms with Crippen LogP contribution < -0.4 is 21.3 Å². The molecule has 0 bridgehead atoms. The number of rotatable bonds is 8. The molecule has 0 radical (unpaired) electrons. The molecular formula is C22H29ClN4O3. The van der Waals surface area contributed by atoms with Gasteiger partial charge in [0.1, 0.15) is 0 Å². The molecule has 0 spiro atoms. The first kappa shape index (κ1) is 25.1. The SMILES string of the molecule is CC(C)[C@H](N)C(=O)NCC(=O)Nc1ccc(CC(=O)N(C)c2ccccc2)cc1.Cl. The average molecular weight is 433 g/mol. The highest BCUT2D eigenvalue weighted by atomic mass is 35.5. The molecular weight excluding hydrogens is 404 g/mol. The first-order valence-electron chi connectivity index (χ1n) is 9.51. The van der Waals surface area contributed by atoms with E-state index in [1.54, 1.807) is 36.2 Å². The third-order valence-corrected chi connectivity index (χ3v) is 4.55.